The smallest absolute Gasteiger partial charge is 0.312 e. The normalized spacial score (nSPS) is 32.7. The monoisotopic (exact) mass is 260 g/mol. The average molecular weight is 260 g/mol. The predicted octanol–water partition coefficient (Wildman–Crippen LogP) is 2.87. The van der Waals surface area contributed by atoms with Crippen molar-refractivity contribution in [3.05, 3.63) is 34.9 Å². The number of carboxylic acids is 1. The molecule has 0 aliphatic carbocycles. The zero-order chi connectivity index (χ0) is 13.6. The fourth-order valence-electron chi connectivity index (χ4n) is 3.56. The molecule has 1 aromatic carbocycles. The summed E-state index contributed by atoms with van der Waals surface area (Å²) < 4.78 is 5.79. The van der Waals surface area contributed by atoms with E-state index in [2.05, 4.69) is 32.0 Å². The van der Waals surface area contributed by atoms with Crippen LogP contribution in [-0.4, -0.2) is 23.3 Å². The lowest BCUT2D eigenvalue weighted by Crippen LogP contribution is -2.42. The summed E-state index contributed by atoms with van der Waals surface area (Å²) in [6, 6.07) is 6.25. The van der Waals surface area contributed by atoms with E-state index in [9.17, 15) is 9.90 Å². The number of aliphatic carboxylic acids is 1. The molecule has 0 amide bonds. The molecule has 19 heavy (non-hydrogen) atoms. The second-order valence-electron chi connectivity index (χ2n) is 6.08. The first-order valence-corrected chi connectivity index (χ1v) is 6.96. The van der Waals surface area contributed by atoms with Gasteiger partial charge in [-0.25, -0.2) is 0 Å². The number of fused-ring (bicyclic) bond motifs is 2. The third kappa shape index (κ3) is 1.96. The zero-order valence-corrected chi connectivity index (χ0v) is 11.5. The first-order valence-electron chi connectivity index (χ1n) is 6.96. The predicted molar refractivity (Wildman–Crippen MR) is 72.2 cm³/mol. The van der Waals surface area contributed by atoms with E-state index in [4.69, 9.17) is 4.74 Å². The topological polar surface area (TPSA) is 46.5 Å². The molecule has 0 aromatic heterocycles. The van der Waals surface area contributed by atoms with Crippen LogP contribution in [-0.2, 0) is 16.0 Å². The van der Waals surface area contributed by atoms with Gasteiger partial charge in [-0.15, -0.1) is 0 Å². The van der Waals surface area contributed by atoms with E-state index in [1.165, 1.54) is 11.1 Å². The van der Waals surface area contributed by atoms with Gasteiger partial charge in [0.2, 0.25) is 0 Å². The molecule has 3 nitrogen and oxygen atoms in total. The lowest BCUT2D eigenvalue weighted by Gasteiger charge is -2.31. The summed E-state index contributed by atoms with van der Waals surface area (Å²) in [5.41, 5.74) is 2.88. The Labute approximate surface area is 113 Å². The molecule has 3 heteroatoms. The molecule has 2 fully saturated rings. The van der Waals surface area contributed by atoms with Crippen LogP contribution in [0.15, 0.2) is 18.2 Å². The van der Waals surface area contributed by atoms with E-state index < -0.39 is 11.4 Å². The standard InChI is InChI=1S/C16H20O3/c1-10-3-4-12(7-11(10)2)8-16(15(17)18)9-13-5-6-14(16)19-13/h3-4,7,13-14H,5-6,8-9H2,1-2H3,(H,17,18). The number of rotatable bonds is 3. The Morgan fingerprint density at radius 2 is 2.16 bits per heavy atom. The molecule has 0 radical (unpaired) electrons. The van der Waals surface area contributed by atoms with Gasteiger partial charge in [-0.1, -0.05) is 18.2 Å². The van der Waals surface area contributed by atoms with Crippen molar-refractivity contribution < 1.29 is 14.6 Å². The molecule has 3 rings (SSSR count). The highest BCUT2D eigenvalue weighted by Crippen LogP contribution is 2.49. The van der Waals surface area contributed by atoms with E-state index in [-0.39, 0.29) is 12.2 Å². The number of carboxylic acid groups (broad SMARTS) is 1. The number of hydrogen-bond donors (Lipinski definition) is 1. The molecule has 2 aliphatic heterocycles. The summed E-state index contributed by atoms with van der Waals surface area (Å²) in [7, 11) is 0. The highest BCUT2D eigenvalue weighted by Gasteiger charge is 2.57. The van der Waals surface area contributed by atoms with Crippen molar-refractivity contribution in [1.29, 1.82) is 0 Å². The van der Waals surface area contributed by atoms with Crippen LogP contribution >= 0.6 is 0 Å². The van der Waals surface area contributed by atoms with Crippen molar-refractivity contribution in [3.63, 3.8) is 0 Å². The Balaban J connectivity index is 1.90. The van der Waals surface area contributed by atoms with Crippen LogP contribution in [0.25, 0.3) is 0 Å². The minimum Gasteiger partial charge on any atom is -0.481 e. The Bertz CT molecular complexity index is 523. The first kappa shape index (κ1) is 12.7. The fraction of sp³-hybridized carbons (Fsp3) is 0.562. The van der Waals surface area contributed by atoms with Gasteiger partial charge < -0.3 is 9.84 Å². The van der Waals surface area contributed by atoms with Gasteiger partial charge in [-0.05, 0) is 56.2 Å². The van der Waals surface area contributed by atoms with Crippen molar-refractivity contribution in [2.45, 2.75) is 51.7 Å². The maximum absolute atomic E-state index is 11.8. The fourth-order valence-corrected chi connectivity index (χ4v) is 3.56. The van der Waals surface area contributed by atoms with Gasteiger partial charge in [0.05, 0.1) is 12.2 Å². The zero-order valence-electron chi connectivity index (χ0n) is 11.5. The van der Waals surface area contributed by atoms with E-state index in [1.807, 2.05) is 0 Å². The van der Waals surface area contributed by atoms with Crippen LogP contribution in [0.5, 0.6) is 0 Å². The van der Waals surface area contributed by atoms with Gasteiger partial charge >= 0.3 is 5.97 Å². The van der Waals surface area contributed by atoms with E-state index in [1.54, 1.807) is 0 Å². The summed E-state index contributed by atoms with van der Waals surface area (Å²) in [6.07, 6.45) is 3.23. The summed E-state index contributed by atoms with van der Waals surface area (Å²) in [4.78, 5) is 11.8. The van der Waals surface area contributed by atoms with Crippen molar-refractivity contribution in [2.75, 3.05) is 0 Å². The lowest BCUT2D eigenvalue weighted by atomic mass is 9.70. The quantitative estimate of drug-likeness (QED) is 0.909. The molecule has 2 bridgehead atoms. The van der Waals surface area contributed by atoms with Crippen LogP contribution in [0.3, 0.4) is 0 Å². The van der Waals surface area contributed by atoms with Crippen LogP contribution < -0.4 is 0 Å². The molecule has 2 aliphatic rings. The van der Waals surface area contributed by atoms with Gasteiger partial charge in [-0.3, -0.25) is 4.79 Å². The van der Waals surface area contributed by atoms with Gasteiger partial charge in [0.25, 0.3) is 0 Å². The molecule has 102 valence electrons. The minimum atomic E-state index is -0.704. The Hall–Kier alpha value is -1.35. The number of ether oxygens (including phenoxy) is 1. The Kier molecular flexibility index (Phi) is 2.90. The number of carbonyl (C=O) groups is 1. The first-order chi connectivity index (χ1) is 9.01. The number of aryl methyl sites for hydroxylation is 2. The molecule has 0 saturated carbocycles. The second-order valence-corrected chi connectivity index (χ2v) is 6.08. The maximum Gasteiger partial charge on any atom is 0.312 e. The number of benzene rings is 1. The van der Waals surface area contributed by atoms with Gasteiger partial charge in [0.15, 0.2) is 0 Å². The third-order valence-electron chi connectivity index (χ3n) is 4.83. The molecular weight excluding hydrogens is 240 g/mol. The van der Waals surface area contributed by atoms with Gasteiger partial charge in [0, 0.05) is 0 Å². The van der Waals surface area contributed by atoms with E-state index in [0.717, 1.165) is 18.4 Å². The highest BCUT2D eigenvalue weighted by atomic mass is 16.5. The maximum atomic E-state index is 11.8. The third-order valence-corrected chi connectivity index (χ3v) is 4.83. The van der Waals surface area contributed by atoms with Crippen molar-refractivity contribution in [2.24, 2.45) is 5.41 Å². The van der Waals surface area contributed by atoms with E-state index >= 15 is 0 Å². The van der Waals surface area contributed by atoms with Crippen molar-refractivity contribution >= 4 is 5.97 Å². The summed E-state index contributed by atoms with van der Waals surface area (Å²) in [5, 5.41) is 9.69. The molecule has 2 heterocycles. The van der Waals surface area contributed by atoms with Crippen LogP contribution in [0, 0.1) is 19.3 Å². The van der Waals surface area contributed by atoms with Gasteiger partial charge in [-0.2, -0.15) is 0 Å². The van der Waals surface area contributed by atoms with Crippen LogP contribution in [0.2, 0.25) is 0 Å². The summed E-state index contributed by atoms with van der Waals surface area (Å²) >= 11 is 0. The number of hydrogen-bond acceptors (Lipinski definition) is 2. The summed E-state index contributed by atoms with van der Waals surface area (Å²) in [5.74, 6) is -0.696. The summed E-state index contributed by atoms with van der Waals surface area (Å²) in [6.45, 7) is 4.15. The Morgan fingerprint density at radius 3 is 2.68 bits per heavy atom. The SMILES string of the molecule is Cc1ccc(CC2(C(=O)O)CC3CCC2O3)cc1C. The lowest BCUT2D eigenvalue weighted by molar-refractivity contribution is -0.152. The molecule has 1 aromatic rings. The highest BCUT2D eigenvalue weighted by molar-refractivity contribution is 5.76. The average Bonchev–Trinajstić information content (AvgIpc) is 2.94. The Morgan fingerprint density at radius 1 is 1.37 bits per heavy atom. The molecule has 3 unspecified atom stereocenters. The van der Waals surface area contributed by atoms with Gasteiger partial charge in [0.1, 0.15) is 5.41 Å². The largest absolute Gasteiger partial charge is 0.481 e. The van der Waals surface area contributed by atoms with Crippen molar-refractivity contribution in [3.8, 4) is 0 Å². The van der Waals surface area contributed by atoms with Crippen molar-refractivity contribution in [1.82, 2.24) is 0 Å². The molecule has 2 saturated heterocycles. The molecule has 1 N–H and O–H groups in total. The molecular formula is C16H20O3. The minimum absolute atomic E-state index is 0.100. The van der Waals surface area contributed by atoms with Crippen LogP contribution in [0.1, 0.15) is 36.0 Å². The van der Waals surface area contributed by atoms with E-state index in [0.29, 0.717) is 12.8 Å². The second kappa shape index (κ2) is 4.34. The molecule has 3 atom stereocenters. The van der Waals surface area contributed by atoms with Crippen LogP contribution in [0.4, 0.5) is 0 Å². The molecule has 0 spiro atoms.